The van der Waals surface area contributed by atoms with Crippen LogP contribution in [0.4, 0.5) is 13.2 Å². The number of halogens is 4. The molecule has 2 aliphatic heterocycles. The van der Waals surface area contributed by atoms with E-state index < -0.39 is 199 Å². The van der Waals surface area contributed by atoms with Crippen LogP contribution in [0.3, 0.4) is 0 Å². The Balaban J connectivity index is 2.37. The minimum atomic E-state index is -4.57. The molecular formula is C73H125ClF3N13O15. The van der Waals surface area contributed by atoms with Gasteiger partial charge in [0.05, 0.1) is 45.2 Å². The lowest BCUT2D eigenvalue weighted by atomic mass is 9.78. The van der Waals surface area contributed by atoms with Crippen molar-refractivity contribution in [3.05, 3.63) is 0 Å². The Hall–Kier alpha value is -6.89. The molecule has 0 radical (unpaired) electrons. The fourth-order valence-electron chi connectivity index (χ4n) is 13.1. The minimum Gasteiger partial charge on any atom is -0.379 e. The van der Waals surface area contributed by atoms with Crippen LogP contribution in [0.2, 0.25) is 0 Å². The van der Waals surface area contributed by atoms with Crippen molar-refractivity contribution in [1.29, 1.82) is 0 Å². The van der Waals surface area contributed by atoms with E-state index >= 15 is 19.2 Å². The summed E-state index contributed by atoms with van der Waals surface area (Å²) in [7, 11) is 10.5. The molecule has 3 fully saturated rings. The second-order valence-corrected chi connectivity index (χ2v) is 32.5. The second-order valence-electron chi connectivity index (χ2n) is 32.0. The smallest absolute Gasteiger partial charge is 0.379 e. The van der Waals surface area contributed by atoms with Gasteiger partial charge >= 0.3 is 6.18 Å². The molecule has 11 atom stereocenters. The van der Waals surface area contributed by atoms with Gasteiger partial charge in [-0.1, -0.05) is 61.8 Å². The fourth-order valence-corrected chi connectivity index (χ4v) is 13.7. The van der Waals surface area contributed by atoms with Crippen molar-refractivity contribution in [1.82, 2.24) is 65.4 Å². The maximum atomic E-state index is 15.4. The lowest BCUT2D eigenvalue weighted by Crippen LogP contribution is -2.64. The normalized spacial score (nSPS) is 26.2. The lowest BCUT2D eigenvalue weighted by molar-refractivity contribution is -0.182. The summed E-state index contributed by atoms with van der Waals surface area (Å²) in [5.41, 5.74) is -2.68. The SMILES string of the molecule is CC[C@H](C)[C@@H]1NC(=O)[C@H](CC(C)C)N(C)C(=O)C[C@@H](C(=O)N2CCCCC2)N(C)C(=O)[C@H](CC(C)C)N(C)C(=O)C(C)(C)NC(=O)[C@H](COCC(=O)NC(C)(C)C)N(C)C(=O)[C@H](CCC2CCC(C(F)(F)F)C(Cl)C2)NC(=O)CN(C)C(=O)[C@H](COCCC(C)C)N(C)C(=O)CN(C)C(=O)CN(C)C1=O. The van der Waals surface area contributed by atoms with Gasteiger partial charge in [-0.2, -0.15) is 13.2 Å². The van der Waals surface area contributed by atoms with Crippen LogP contribution in [0.25, 0.3) is 0 Å². The summed E-state index contributed by atoms with van der Waals surface area (Å²) >= 11 is 6.38. The molecule has 3 aliphatic rings. The molecule has 13 amide bonds. The van der Waals surface area contributed by atoms with E-state index in [2.05, 4.69) is 21.3 Å². The first-order chi connectivity index (χ1) is 48.6. The number of nitrogens with zero attached hydrogens (tertiary/aromatic N) is 9. The topological polar surface area (TPSA) is 318 Å². The standard InChI is InChI=1S/C73H125ClF3N13O15/c1-22-47(8)62-69(102)84(16)39-60(94)82(14)40-61(95)86(18)56(42-104-33-30-44(2)3)66(99)83(15)38-57(91)78-51(29-27-48-26-28-49(50(74)36-48)73(75,76)77)65(98)88(20)55(41-105-43-58(92)80-71(9,10)11)64(97)81-72(12,13)70(103)89(21)53(35-46(6)7)67(100)87(19)54(68(101)90-31-24-23-25-32-90)37-59(93)85(17)52(34-45(4)5)63(96)79-62/h44-56,62H,22-43H2,1-21H3,(H,78,91)(H,79,96)(H,80,92)(H,81,97)/t47-,48?,49?,50?,51-,52-,53-,54-,55-,56-,62-/m0/s1. The summed E-state index contributed by atoms with van der Waals surface area (Å²) in [4.78, 5) is 201. The van der Waals surface area contributed by atoms with Crippen molar-refractivity contribution in [3.63, 3.8) is 0 Å². The van der Waals surface area contributed by atoms with Crippen LogP contribution in [0.15, 0.2) is 0 Å². The van der Waals surface area contributed by atoms with Crippen molar-refractivity contribution in [2.75, 3.05) is 116 Å². The monoisotopic (exact) mass is 1520 g/mol. The molecule has 2 heterocycles. The van der Waals surface area contributed by atoms with Gasteiger partial charge in [-0.25, -0.2) is 0 Å². The third-order valence-corrected chi connectivity index (χ3v) is 20.5. The van der Waals surface area contributed by atoms with Crippen molar-refractivity contribution >= 4 is 88.4 Å². The van der Waals surface area contributed by atoms with Crippen molar-refractivity contribution in [3.8, 4) is 0 Å². The number of alkyl halides is 4. The molecule has 105 heavy (non-hydrogen) atoms. The van der Waals surface area contributed by atoms with E-state index in [0.717, 1.165) is 40.7 Å². The van der Waals surface area contributed by atoms with Crippen LogP contribution in [0.5, 0.6) is 0 Å². The first-order valence-corrected chi connectivity index (χ1v) is 37.4. The number of rotatable bonds is 19. The van der Waals surface area contributed by atoms with E-state index in [1.54, 1.807) is 53.4 Å². The van der Waals surface area contributed by atoms with Gasteiger partial charge in [0.15, 0.2) is 0 Å². The quantitative estimate of drug-likeness (QED) is 0.104. The number of carbonyl (C=O) groups is 13. The van der Waals surface area contributed by atoms with E-state index in [0.29, 0.717) is 38.8 Å². The van der Waals surface area contributed by atoms with Gasteiger partial charge in [0.25, 0.3) is 0 Å². The molecule has 0 aromatic rings. The molecule has 3 unspecified atom stereocenters. The third-order valence-electron chi connectivity index (χ3n) is 20.0. The Bertz CT molecular complexity index is 2990. The molecule has 3 rings (SSSR count). The predicted octanol–water partition coefficient (Wildman–Crippen LogP) is 4.28. The van der Waals surface area contributed by atoms with Gasteiger partial charge < -0.3 is 74.8 Å². The maximum Gasteiger partial charge on any atom is 0.393 e. The summed E-state index contributed by atoms with van der Waals surface area (Å²) in [6, 6.07) is -10.0. The summed E-state index contributed by atoms with van der Waals surface area (Å²) in [6.07, 6.45) is -2.60. The molecular weight excluding hydrogens is 1390 g/mol. The summed E-state index contributed by atoms with van der Waals surface area (Å²) in [5.74, 6) is -13.2. The van der Waals surface area contributed by atoms with Crippen molar-refractivity contribution in [2.24, 2.45) is 35.5 Å². The zero-order valence-electron chi connectivity index (χ0n) is 66.3. The number of ether oxygens (including phenoxy) is 2. The number of amides is 13. The van der Waals surface area contributed by atoms with E-state index in [-0.39, 0.29) is 75.9 Å². The molecule has 0 aromatic heterocycles. The number of likely N-dealkylation sites (tertiary alicyclic amines) is 1. The molecule has 0 aromatic carbocycles. The molecule has 1 saturated carbocycles. The van der Waals surface area contributed by atoms with Gasteiger partial charge in [-0.05, 0) is 135 Å². The number of nitrogens with one attached hydrogen (secondary N) is 4. The highest BCUT2D eigenvalue weighted by atomic mass is 35.5. The van der Waals surface area contributed by atoms with Gasteiger partial charge in [-0.3, -0.25) is 62.3 Å². The first-order valence-electron chi connectivity index (χ1n) is 37.0. The van der Waals surface area contributed by atoms with Crippen LogP contribution >= 0.6 is 11.6 Å². The average Bonchev–Trinajstić information content (AvgIpc) is 0.805. The molecule has 0 spiro atoms. The number of piperidine rings is 1. The van der Waals surface area contributed by atoms with E-state index in [1.807, 2.05) is 27.7 Å². The molecule has 2 saturated heterocycles. The van der Waals surface area contributed by atoms with Crippen molar-refractivity contribution < 1.29 is 85.0 Å². The fraction of sp³-hybridized carbons (Fsp3) is 0.822. The summed E-state index contributed by atoms with van der Waals surface area (Å²) in [6.45, 7) is 19.7. The number of carbonyl (C=O) groups excluding carboxylic acids is 13. The molecule has 1 aliphatic carbocycles. The lowest BCUT2D eigenvalue weighted by Gasteiger charge is -2.40. The minimum absolute atomic E-state index is 0.00153. The van der Waals surface area contributed by atoms with Gasteiger partial charge in [-0.15, -0.1) is 11.6 Å². The Labute approximate surface area is 625 Å². The molecule has 28 nitrogen and oxygen atoms in total. The van der Waals surface area contributed by atoms with E-state index in [9.17, 15) is 56.3 Å². The highest BCUT2D eigenvalue weighted by Crippen LogP contribution is 2.43. The Morgan fingerprint density at radius 2 is 1.17 bits per heavy atom. The van der Waals surface area contributed by atoms with E-state index in [1.165, 1.54) is 75.1 Å². The molecule has 32 heteroatoms. The van der Waals surface area contributed by atoms with Gasteiger partial charge in [0.1, 0.15) is 54.4 Å². The molecule has 600 valence electrons. The first kappa shape index (κ1) is 92.3. The predicted molar refractivity (Wildman–Crippen MR) is 390 cm³/mol. The second kappa shape index (κ2) is 41.4. The maximum absolute atomic E-state index is 15.4. The van der Waals surface area contributed by atoms with Crippen LogP contribution in [-0.2, 0) is 71.8 Å². The Morgan fingerprint density at radius 3 is 1.72 bits per heavy atom. The number of likely N-dealkylation sites (N-methyl/N-ethyl adjacent to an activating group) is 8. The van der Waals surface area contributed by atoms with Gasteiger partial charge in [0.2, 0.25) is 76.8 Å². The Morgan fingerprint density at radius 1 is 0.610 bits per heavy atom. The highest BCUT2D eigenvalue weighted by Gasteiger charge is 2.48. The van der Waals surface area contributed by atoms with Crippen LogP contribution in [0, 0.1) is 35.5 Å². The number of hydrogen-bond donors (Lipinski definition) is 4. The Kier molecular flexibility index (Phi) is 36.4. The molecule has 4 N–H and O–H groups in total. The summed E-state index contributed by atoms with van der Waals surface area (Å²) < 4.78 is 54.0. The van der Waals surface area contributed by atoms with E-state index in [4.69, 9.17) is 21.1 Å². The summed E-state index contributed by atoms with van der Waals surface area (Å²) in [5, 5.41) is 9.70. The molecule has 0 bridgehead atoms. The largest absolute Gasteiger partial charge is 0.393 e. The van der Waals surface area contributed by atoms with Gasteiger partial charge in [0, 0.05) is 87.0 Å². The van der Waals surface area contributed by atoms with Crippen LogP contribution in [0.1, 0.15) is 173 Å². The van der Waals surface area contributed by atoms with Crippen LogP contribution in [-0.4, -0.2) is 301 Å². The van der Waals surface area contributed by atoms with Crippen LogP contribution < -0.4 is 21.3 Å². The average molecular weight is 1520 g/mol. The third kappa shape index (κ3) is 28.3. The van der Waals surface area contributed by atoms with Crippen molar-refractivity contribution in [2.45, 2.75) is 238 Å². The number of hydrogen-bond acceptors (Lipinski definition) is 15. The highest BCUT2D eigenvalue weighted by molar-refractivity contribution is 6.21. The zero-order valence-corrected chi connectivity index (χ0v) is 67.1. The zero-order chi connectivity index (χ0) is 80.1.